The maximum absolute atomic E-state index is 2.60. The van der Waals surface area contributed by atoms with E-state index in [0.717, 1.165) is 6.04 Å². The molecule has 0 N–H and O–H groups in total. The molecule has 0 aliphatic heterocycles. The molecule has 0 spiro atoms. The Hall–Kier alpha value is -0.0400. The molecular formula is C15H31N. The van der Waals surface area contributed by atoms with E-state index in [-0.39, 0.29) is 0 Å². The van der Waals surface area contributed by atoms with Crippen molar-refractivity contribution in [1.82, 2.24) is 4.90 Å². The van der Waals surface area contributed by atoms with Crippen molar-refractivity contribution in [1.29, 1.82) is 0 Å². The predicted molar refractivity (Wildman–Crippen MR) is 72.7 cm³/mol. The van der Waals surface area contributed by atoms with E-state index < -0.39 is 0 Å². The normalized spacial score (nSPS) is 24.9. The van der Waals surface area contributed by atoms with E-state index in [0.29, 0.717) is 10.8 Å². The van der Waals surface area contributed by atoms with Crippen molar-refractivity contribution < 1.29 is 0 Å². The second kappa shape index (κ2) is 5.08. The summed E-state index contributed by atoms with van der Waals surface area (Å²) in [5.74, 6) is 0. The van der Waals surface area contributed by atoms with Gasteiger partial charge in [-0.05, 0) is 50.1 Å². The minimum Gasteiger partial charge on any atom is -0.303 e. The first kappa shape index (κ1) is 14.0. The molecule has 1 aliphatic carbocycles. The third-order valence-electron chi connectivity index (χ3n) is 4.02. The lowest BCUT2D eigenvalue weighted by Crippen LogP contribution is -2.45. The standard InChI is InChI=1S/C15H31N/c1-7-8-9-16(6)13-10-14(2,3)12-15(4,5)11-13/h13H,7-12H2,1-6H3. The SMILES string of the molecule is CCCCN(C)C1CC(C)(C)CC(C)(C)C1. The Labute approximate surface area is 103 Å². The topological polar surface area (TPSA) is 3.24 Å². The van der Waals surface area contributed by atoms with Crippen molar-refractivity contribution in [2.24, 2.45) is 10.8 Å². The van der Waals surface area contributed by atoms with Gasteiger partial charge in [-0.25, -0.2) is 0 Å². The van der Waals surface area contributed by atoms with Crippen LogP contribution in [-0.4, -0.2) is 24.5 Å². The van der Waals surface area contributed by atoms with Gasteiger partial charge in [0.25, 0.3) is 0 Å². The van der Waals surface area contributed by atoms with Crippen LogP contribution in [0.15, 0.2) is 0 Å². The zero-order valence-electron chi connectivity index (χ0n) is 12.3. The van der Waals surface area contributed by atoms with Crippen LogP contribution in [0.25, 0.3) is 0 Å². The fourth-order valence-corrected chi connectivity index (χ4v) is 3.69. The van der Waals surface area contributed by atoms with Gasteiger partial charge >= 0.3 is 0 Å². The average Bonchev–Trinajstić information content (AvgIpc) is 2.09. The molecule has 1 saturated carbocycles. The minimum atomic E-state index is 0.521. The molecule has 0 heterocycles. The summed E-state index contributed by atoms with van der Waals surface area (Å²) in [5.41, 5.74) is 1.04. The second-order valence-electron chi connectivity index (χ2n) is 7.40. The number of hydrogen-bond donors (Lipinski definition) is 0. The molecule has 1 nitrogen and oxygen atoms in total. The van der Waals surface area contributed by atoms with Crippen molar-refractivity contribution in [3.63, 3.8) is 0 Å². The van der Waals surface area contributed by atoms with Crippen LogP contribution in [0.1, 0.15) is 66.7 Å². The fraction of sp³-hybridized carbons (Fsp3) is 1.00. The summed E-state index contributed by atoms with van der Waals surface area (Å²) in [6, 6.07) is 0.797. The van der Waals surface area contributed by atoms with Gasteiger partial charge in [0.1, 0.15) is 0 Å². The molecule has 0 amide bonds. The quantitative estimate of drug-likeness (QED) is 0.688. The summed E-state index contributed by atoms with van der Waals surface area (Å²) in [6.45, 7) is 13.3. The summed E-state index contributed by atoms with van der Waals surface area (Å²) >= 11 is 0. The van der Waals surface area contributed by atoms with Gasteiger partial charge in [-0.15, -0.1) is 0 Å². The van der Waals surface area contributed by atoms with Gasteiger partial charge in [0.2, 0.25) is 0 Å². The Morgan fingerprint density at radius 1 is 1.06 bits per heavy atom. The van der Waals surface area contributed by atoms with Crippen molar-refractivity contribution in [3.05, 3.63) is 0 Å². The number of hydrogen-bond acceptors (Lipinski definition) is 1. The third kappa shape index (κ3) is 4.08. The van der Waals surface area contributed by atoms with Gasteiger partial charge in [-0.3, -0.25) is 0 Å². The van der Waals surface area contributed by atoms with Crippen LogP contribution in [-0.2, 0) is 0 Å². The van der Waals surface area contributed by atoms with Gasteiger partial charge < -0.3 is 4.90 Å². The summed E-state index contributed by atoms with van der Waals surface area (Å²) < 4.78 is 0. The molecule has 1 heteroatoms. The largest absolute Gasteiger partial charge is 0.303 e. The van der Waals surface area contributed by atoms with Crippen LogP contribution in [0, 0.1) is 10.8 Å². The summed E-state index contributed by atoms with van der Waals surface area (Å²) in [4.78, 5) is 2.60. The zero-order chi connectivity index (χ0) is 12.4. The van der Waals surface area contributed by atoms with E-state index >= 15 is 0 Å². The first-order valence-corrected chi connectivity index (χ1v) is 6.96. The highest BCUT2D eigenvalue weighted by molar-refractivity contribution is 4.92. The van der Waals surface area contributed by atoms with Crippen LogP contribution in [0.4, 0.5) is 0 Å². The Morgan fingerprint density at radius 3 is 2.00 bits per heavy atom. The van der Waals surface area contributed by atoms with E-state index in [4.69, 9.17) is 0 Å². The highest BCUT2D eigenvalue weighted by Gasteiger charge is 2.39. The van der Waals surface area contributed by atoms with Crippen LogP contribution < -0.4 is 0 Å². The lowest BCUT2D eigenvalue weighted by Gasteiger charge is -2.47. The first-order valence-electron chi connectivity index (χ1n) is 6.96. The fourth-order valence-electron chi connectivity index (χ4n) is 3.69. The van der Waals surface area contributed by atoms with Crippen LogP contribution >= 0.6 is 0 Å². The summed E-state index contributed by atoms with van der Waals surface area (Å²) in [5, 5.41) is 0. The zero-order valence-corrected chi connectivity index (χ0v) is 12.3. The molecule has 1 aliphatic rings. The highest BCUT2D eigenvalue weighted by atomic mass is 15.1. The monoisotopic (exact) mass is 225 g/mol. The summed E-state index contributed by atoms with van der Waals surface area (Å²) in [7, 11) is 2.32. The molecule has 0 atom stereocenters. The van der Waals surface area contributed by atoms with E-state index in [1.165, 1.54) is 38.6 Å². The van der Waals surface area contributed by atoms with Crippen molar-refractivity contribution in [2.75, 3.05) is 13.6 Å². The second-order valence-corrected chi connectivity index (χ2v) is 7.40. The lowest BCUT2D eigenvalue weighted by atomic mass is 9.63. The smallest absolute Gasteiger partial charge is 0.0102 e. The Kier molecular flexibility index (Phi) is 4.45. The maximum atomic E-state index is 2.60. The van der Waals surface area contributed by atoms with Gasteiger partial charge in [-0.1, -0.05) is 41.0 Å². The van der Waals surface area contributed by atoms with Crippen molar-refractivity contribution in [3.8, 4) is 0 Å². The van der Waals surface area contributed by atoms with Gasteiger partial charge in [0.15, 0.2) is 0 Å². The van der Waals surface area contributed by atoms with E-state index in [9.17, 15) is 0 Å². The third-order valence-corrected chi connectivity index (χ3v) is 4.02. The molecule has 1 fully saturated rings. The molecular weight excluding hydrogens is 194 g/mol. The first-order chi connectivity index (χ1) is 7.26. The molecule has 16 heavy (non-hydrogen) atoms. The molecule has 0 bridgehead atoms. The molecule has 0 aromatic heterocycles. The van der Waals surface area contributed by atoms with Crippen molar-refractivity contribution in [2.45, 2.75) is 72.8 Å². The van der Waals surface area contributed by atoms with Gasteiger partial charge in [0, 0.05) is 6.04 Å². The maximum Gasteiger partial charge on any atom is 0.0102 e. The molecule has 0 saturated heterocycles. The molecule has 1 rings (SSSR count). The van der Waals surface area contributed by atoms with Gasteiger partial charge in [0.05, 0.1) is 0 Å². The number of nitrogens with zero attached hydrogens (tertiary/aromatic N) is 1. The Balaban J connectivity index is 2.59. The molecule has 0 radical (unpaired) electrons. The Bertz CT molecular complexity index is 201. The van der Waals surface area contributed by atoms with Crippen LogP contribution in [0.5, 0.6) is 0 Å². The Morgan fingerprint density at radius 2 is 1.56 bits per heavy atom. The summed E-state index contributed by atoms with van der Waals surface area (Å²) in [6.07, 6.45) is 6.77. The van der Waals surface area contributed by atoms with Crippen LogP contribution in [0.2, 0.25) is 0 Å². The predicted octanol–water partition coefficient (Wildman–Crippen LogP) is 4.32. The lowest BCUT2D eigenvalue weighted by molar-refractivity contribution is 0.0350. The van der Waals surface area contributed by atoms with Crippen molar-refractivity contribution >= 4 is 0 Å². The molecule has 96 valence electrons. The molecule has 0 aromatic carbocycles. The minimum absolute atomic E-state index is 0.521. The highest BCUT2D eigenvalue weighted by Crippen LogP contribution is 2.46. The van der Waals surface area contributed by atoms with E-state index in [1.807, 2.05) is 0 Å². The molecule has 0 aromatic rings. The number of unbranched alkanes of at least 4 members (excludes halogenated alkanes) is 1. The van der Waals surface area contributed by atoms with E-state index in [2.05, 4.69) is 46.6 Å². The van der Waals surface area contributed by atoms with Crippen LogP contribution in [0.3, 0.4) is 0 Å². The molecule has 0 unspecified atom stereocenters. The number of rotatable bonds is 4. The average molecular weight is 225 g/mol. The van der Waals surface area contributed by atoms with E-state index in [1.54, 1.807) is 0 Å². The van der Waals surface area contributed by atoms with Gasteiger partial charge in [-0.2, -0.15) is 0 Å².